The molecule has 0 saturated carbocycles. The number of aromatic nitrogens is 3. The van der Waals surface area contributed by atoms with Crippen LogP contribution < -0.4 is 0 Å². The Morgan fingerprint density at radius 3 is 2.64 bits per heavy atom. The van der Waals surface area contributed by atoms with Gasteiger partial charge in [-0.2, -0.15) is 5.10 Å². The highest BCUT2D eigenvalue weighted by molar-refractivity contribution is 5.67. The van der Waals surface area contributed by atoms with Gasteiger partial charge in [-0.25, -0.2) is 9.07 Å². The lowest BCUT2D eigenvalue weighted by Crippen LogP contribution is -2.03. The van der Waals surface area contributed by atoms with E-state index in [2.05, 4.69) is 10.3 Å². The van der Waals surface area contributed by atoms with Crippen LogP contribution in [0, 0.1) is 19.7 Å². The predicted octanol–water partition coefficient (Wildman–Crippen LogP) is 3.55. The van der Waals surface area contributed by atoms with Gasteiger partial charge in [0, 0.05) is 6.07 Å². The van der Waals surface area contributed by atoms with Gasteiger partial charge < -0.3 is 9.63 Å². The van der Waals surface area contributed by atoms with Gasteiger partial charge in [0.25, 0.3) is 0 Å². The van der Waals surface area contributed by atoms with Gasteiger partial charge in [-0.05, 0) is 38.5 Å². The topological polar surface area (TPSA) is 64.1 Å². The Morgan fingerprint density at radius 2 is 2.05 bits per heavy atom. The van der Waals surface area contributed by atoms with E-state index in [1.54, 1.807) is 0 Å². The minimum atomic E-state index is -0.543. The second-order valence-corrected chi connectivity index (χ2v) is 5.12. The molecular formula is C16H16FN3O2. The van der Waals surface area contributed by atoms with Gasteiger partial charge in [0.2, 0.25) is 0 Å². The molecule has 0 aliphatic heterocycles. The molecule has 0 aliphatic carbocycles. The van der Waals surface area contributed by atoms with Gasteiger partial charge in [-0.3, -0.25) is 0 Å². The zero-order valence-electron chi connectivity index (χ0n) is 12.6. The summed E-state index contributed by atoms with van der Waals surface area (Å²) in [6.45, 7) is 5.63. The smallest absolute Gasteiger partial charge is 0.152 e. The maximum absolute atomic E-state index is 14.2. The fourth-order valence-corrected chi connectivity index (χ4v) is 2.48. The number of phenols is 1. The summed E-state index contributed by atoms with van der Waals surface area (Å²) in [6.07, 6.45) is 0.725. The van der Waals surface area contributed by atoms with Gasteiger partial charge in [0.1, 0.15) is 17.2 Å². The highest BCUT2D eigenvalue weighted by Gasteiger charge is 2.20. The van der Waals surface area contributed by atoms with E-state index in [4.69, 9.17) is 4.52 Å². The van der Waals surface area contributed by atoms with Crippen LogP contribution in [0.1, 0.15) is 24.1 Å². The number of nitrogens with zero attached hydrogens (tertiary/aromatic N) is 3. The van der Waals surface area contributed by atoms with Gasteiger partial charge in [-0.15, -0.1) is 0 Å². The summed E-state index contributed by atoms with van der Waals surface area (Å²) < 4.78 is 20.9. The summed E-state index contributed by atoms with van der Waals surface area (Å²) >= 11 is 0. The summed E-state index contributed by atoms with van der Waals surface area (Å²) in [7, 11) is 0. The lowest BCUT2D eigenvalue weighted by atomic mass is 10.1. The van der Waals surface area contributed by atoms with Crippen molar-refractivity contribution in [3.63, 3.8) is 0 Å². The standard InChI is InChI=1S/C16H16FN3O2/c1-4-11-7-15(16-9(2)19-22-10(16)3)20(18-11)14-6-5-12(21)8-13(14)17/h5-8,21H,4H2,1-3H3. The predicted molar refractivity (Wildman–Crippen MR) is 79.5 cm³/mol. The number of phenolic OH excluding ortho intramolecular Hbond substituents is 1. The Bertz CT molecular complexity index is 817. The van der Waals surface area contributed by atoms with Crippen molar-refractivity contribution in [3.05, 3.63) is 47.2 Å². The van der Waals surface area contributed by atoms with Crippen LogP contribution in [0.5, 0.6) is 5.75 Å². The molecule has 3 aromatic rings. The third kappa shape index (κ3) is 2.26. The minimum absolute atomic E-state index is 0.122. The van der Waals surface area contributed by atoms with Gasteiger partial charge in [0.05, 0.1) is 22.6 Å². The van der Waals surface area contributed by atoms with E-state index >= 15 is 0 Å². The van der Waals surface area contributed by atoms with E-state index in [9.17, 15) is 9.50 Å². The molecule has 2 heterocycles. The number of aromatic hydroxyl groups is 1. The van der Waals surface area contributed by atoms with Crippen molar-refractivity contribution in [1.29, 1.82) is 0 Å². The average Bonchev–Trinajstić information content (AvgIpc) is 3.02. The Balaban J connectivity index is 2.26. The molecule has 6 heteroatoms. The fraction of sp³-hybridized carbons (Fsp3) is 0.250. The van der Waals surface area contributed by atoms with Crippen molar-refractivity contribution in [3.8, 4) is 22.7 Å². The van der Waals surface area contributed by atoms with Crippen molar-refractivity contribution in [2.24, 2.45) is 0 Å². The zero-order chi connectivity index (χ0) is 15.9. The van der Waals surface area contributed by atoms with Gasteiger partial charge >= 0.3 is 0 Å². The molecule has 0 saturated heterocycles. The summed E-state index contributed by atoms with van der Waals surface area (Å²) in [5.41, 5.74) is 3.35. The number of hydrogen-bond donors (Lipinski definition) is 1. The minimum Gasteiger partial charge on any atom is -0.508 e. The van der Waals surface area contributed by atoms with Crippen LogP contribution in [-0.4, -0.2) is 20.0 Å². The summed E-state index contributed by atoms with van der Waals surface area (Å²) in [4.78, 5) is 0. The van der Waals surface area contributed by atoms with E-state index in [1.807, 2.05) is 26.8 Å². The van der Waals surface area contributed by atoms with Crippen molar-refractivity contribution < 1.29 is 14.0 Å². The molecule has 0 aliphatic rings. The molecule has 114 valence electrons. The first-order chi connectivity index (χ1) is 10.5. The third-order valence-electron chi connectivity index (χ3n) is 3.57. The molecule has 0 unspecified atom stereocenters. The highest BCUT2D eigenvalue weighted by Crippen LogP contribution is 2.31. The van der Waals surface area contributed by atoms with Crippen LogP contribution in [0.4, 0.5) is 4.39 Å². The fourth-order valence-electron chi connectivity index (χ4n) is 2.48. The monoisotopic (exact) mass is 301 g/mol. The molecular weight excluding hydrogens is 285 g/mol. The molecule has 3 rings (SSSR count). The highest BCUT2D eigenvalue weighted by atomic mass is 19.1. The Morgan fingerprint density at radius 1 is 1.27 bits per heavy atom. The molecule has 2 aromatic heterocycles. The first-order valence-corrected chi connectivity index (χ1v) is 7.02. The maximum Gasteiger partial charge on any atom is 0.152 e. The van der Waals surface area contributed by atoms with Crippen LogP contribution in [0.15, 0.2) is 28.8 Å². The number of rotatable bonds is 3. The Labute approximate surface area is 127 Å². The van der Waals surface area contributed by atoms with Crippen molar-refractivity contribution in [1.82, 2.24) is 14.9 Å². The molecule has 22 heavy (non-hydrogen) atoms. The molecule has 0 amide bonds. The molecule has 0 radical (unpaired) electrons. The quantitative estimate of drug-likeness (QED) is 0.803. The first kappa shape index (κ1) is 14.3. The van der Waals surface area contributed by atoms with E-state index in [-0.39, 0.29) is 11.4 Å². The Hall–Kier alpha value is -2.63. The van der Waals surface area contributed by atoms with Gasteiger partial charge in [0.15, 0.2) is 5.82 Å². The Kier molecular flexibility index (Phi) is 3.44. The second-order valence-electron chi connectivity index (χ2n) is 5.12. The third-order valence-corrected chi connectivity index (χ3v) is 3.57. The van der Waals surface area contributed by atoms with E-state index in [0.29, 0.717) is 5.76 Å². The number of halogens is 1. The SMILES string of the molecule is CCc1cc(-c2c(C)noc2C)n(-c2ccc(O)cc2F)n1. The van der Waals surface area contributed by atoms with E-state index in [1.165, 1.54) is 16.8 Å². The van der Waals surface area contributed by atoms with Crippen LogP contribution in [0.3, 0.4) is 0 Å². The zero-order valence-corrected chi connectivity index (χ0v) is 12.6. The van der Waals surface area contributed by atoms with Crippen LogP contribution >= 0.6 is 0 Å². The van der Waals surface area contributed by atoms with Crippen LogP contribution in [-0.2, 0) is 6.42 Å². The largest absolute Gasteiger partial charge is 0.508 e. The van der Waals surface area contributed by atoms with E-state index < -0.39 is 5.82 Å². The van der Waals surface area contributed by atoms with Crippen molar-refractivity contribution in [2.75, 3.05) is 0 Å². The second kappa shape index (κ2) is 5.29. The average molecular weight is 301 g/mol. The van der Waals surface area contributed by atoms with Gasteiger partial charge in [-0.1, -0.05) is 12.1 Å². The lowest BCUT2D eigenvalue weighted by molar-refractivity contribution is 0.393. The lowest BCUT2D eigenvalue weighted by Gasteiger charge is -2.08. The summed E-state index contributed by atoms with van der Waals surface area (Å²) in [6, 6.07) is 5.90. The number of hydrogen-bond acceptors (Lipinski definition) is 4. The molecule has 1 aromatic carbocycles. The molecule has 0 bridgehead atoms. The van der Waals surface area contributed by atoms with E-state index in [0.717, 1.165) is 35.1 Å². The molecule has 1 N–H and O–H groups in total. The summed E-state index contributed by atoms with van der Waals surface area (Å²) in [5.74, 6) is -0.0118. The maximum atomic E-state index is 14.2. The number of benzene rings is 1. The summed E-state index contributed by atoms with van der Waals surface area (Å²) in [5, 5.41) is 17.8. The molecule has 0 atom stereocenters. The normalized spacial score (nSPS) is 11.1. The van der Waals surface area contributed by atoms with Crippen molar-refractivity contribution >= 4 is 0 Å². The first-order valence-electron chi connectivity index (χ1n) is 7.02. The number of aryl methyl sites for hydroxylation is 3. The molecule has 5 nitrogen and oxygen atoms in total. The van der Waals surface area contributed by atoms with Crippen molar-refractivity contribution in [2.45, 2.75) is 27.2 Å². The van der Waals surface area contributed by atoms with Crippen LogP contribution in [0.2, 0.25) is 0 Å². The van der Waals surface area contributed by atoms with Crippen LogP contribution in [0.25, 0.3) is 16.9 Å². The molecule has 0 spiro atoms. The molecule has 0 fully saturated rings.